The third kappa shape index (κ3) is 3.63. The van der Waals surface area contributed by atoms with Gasteiger partial charge in [-0.3, -0.25) is 4.79 Å². The molecule has 0 aliphatic rings. The summed E-state index contributed by atoms with van der Waals surface area (Å²) in [6.45, 7) is 1.34. The zero-order valence-electron chi connectivity index (χ0n) is 11.3. The zero-order valence-corrected chi connectivity index (χ0v) is 12.1. The van der Waals surface area contributed by atoms with Gasteiger partial charge in [-0.15, -0.1) is 11.3 Å². The minimum atomic E-state index is -0.187. The average Bonchev–Trinajstić information content (AvgIpc) is 2.95. The van der Waals surface area contributed by atoms with Gasteiger partial charge in [-0.25, -0.2) is 4.98 Å². The van der Waals surface area contributed by atoms with E-state index in [2.05, 4.69) is 10.3 Å². The monoisotopic (exact) mass is 291 g/mol. The smallest absolute Gasteiger partial charge is 0.271 e. The first-order chi connectivity index (χ1) is 9.74. The summed E-state index contributed by atoms with van der Waals surface area (Å²) in [6, 6.07) is 7.85. The standard InChI is InChI=1S/C14H17N3O2S/c1-19-8-11-5-3-2-4-10(11)7-16-14(18)12-9-20-13(6-15)17-12/h2-5,9H,6-8,15H2,1H3,(H,16,18). The zero-order chi connectivity index (χ0) is 14.4. The Kier molecular flexibility index (Phi) is 5.23. The molecule has 3 N–H and O–H groups in total. The highest BCUT2D eigenvalue weighted by atomic mass is 32.1. The van der Waals surface area contributed by atoms with Gasteiger partial charge < -0.3 is 15.8 Å². The molecule has 1 aromatic heterocycles. The average molecular weight is 291 g/mol. The molecule has 0 spiro atoms. The molecule has 2 rings (SSSR count). The van der Waals surface area contributed by atoms with Gasteiger partial charge in [0.25, 0.3) is 5.91 Å². The molecule has 0 atom stereocenters. The molecule has 0 aliphatic carbocycles. The summed E-state index contributed by atoms with van der Waals surface area (Å²) in [5.41, 5.74) is 8.01. The fraction of sp³-hybridized carbons (Fsp3) is 0.286. The molecule has 0 fully saturated rings. The van der Waals surface area contributed by atoms with E-state index in [4.69, 9.17) is 10.5 Å². The topological polar surface area (TPSA) is 77.2 Å². The number of thiazole rings is 1. The summed E-state index contributed by atoms with van der Waals surface area (Å²) in [5.74, 6) is -0.187. The van der Waals surface area contributed by atoms with E-state index < -0.39 is 0 Å². The number of methoxy groups -OCH3 is 1. The molecule has 1 heterocycles. The van der Waals surface area contributed by atoms with Crippen LogP contribution in [-0.2, 0) is 24.4 Å². The van der Waals surface area contributed by atoms with E-state index in [1.165, 1.54) is 11.3 Å². The van der Waals surface area contributed by atoms with Crippen LogP contribution in [0.4, 0.5) is 0 Å². The van der Waals surface area contributed by atoms with Gasteiger partial charge >= 0.3 is 0 Å². The minimum absolute atomic E-state index is 0.187. The molecule has 0 bridgehead atoms. The molecule has 0 aliphatic heterocycles. The van der Waals surface area contributed by atoms with Gasteiger partial charge in [0.15, 0.2) is 0 Å². The lowest BCUT2D eigenvalue weighted by atomic mass is 10.1. The van der Waals surface area contributed by atoms with E-state index in [1.807, 2.05) is 24.3 Å². The maximum Gasteiger partial charge on any atom is 0.271 e. The molecule has 1 amide bonds. The molecule has 0 radical (unpaired) electrons. The van der Waals surface area contributed by atoms with Crippen LogP contribution in [0.15, 0.2) is 29.6 Å². The number of nitrogens with two attached hydrogens (primary N) is 1. The third-order valence-electron chi connectivity index (χ3n) is 2.82. The van der Waals surface area contributed by atoms with Crippen LogP contribution in [0, 0.1) is 0 Å². The van der Waals surface area contributed by atoms with Crippen molar-refractivity contribution in [1.82, 2.24) is 10.3 Å². The number of benzene rings is 1. The maximum atomic E-state index is 12.0. The van der Waals surface area contributed by atoms with Crippen LogP contribution in [0.2, 0.25) is 0 Å². The second kappa shape index (κ2) is 7.14. The number of nitrogens with one attached hydrogen (secondary N) is 1. The van der Waals surface area contributed by atoms with Crippen LogP contribution >= 0.6 is 11.3 Å². The fourth-order valence-corrected chi connectivity index (χ4v) is 2.46. The predicted molar refractivity (Wildman–Crippen MR) is 78.3 cm³/mol. The van der Waals surface area contributed by atoms with E-state index in [9.17, 15) is 4.79 Å². The number of hydrogen-bond donors (Lipinski definition) is 2. The lowest BCUT2D eigenvalue weighted by molar-refractivity contribution is 0.0946. The van der Waals surface area contributed by atoms with Crippen molar-refractivity contribution < 1.29 is 9.53 Å². The fourth-order valence-electron chi connectivity index (χ4n) is 1.80. The summed E-state index contributed by atoms with van der Waals surface area (Å²) < 4.78 is 5.14. The highest BCUT2D eigenvalue weighted by Gasteiger charge is 2.10. The van der Waals surface area contributed by atoms with Crippen LogP contribution in [0.25, 0.3) is 0 Å². The SMILES string of the molecule is COCc1ccccc1CNC(=O)c1csc(CN)n1. The molecule has 2 aromatic rings. The highest BCUT2D eigenvalue weighted by Crippen LogP contribution is 2.11. The van der Waals surface area contributed by atoms with Crippen molar-refractivity contribution in [1.29, 1.82) is 0 Å². The second-order valence-corrected chi connectivity index (χ2v) is 5.16. The number of carbonyl (C=O) groups excluding carboxylic acids is 1. The summed E-state index contributed by atoms with van der Waals surface area (Å²) >= 11 is 1.39. The third-order valence-corrected chi connectivity index (χ3v) is 3.69. The number of nitrogens with zero attached hydrogens (tertiary/aromatic N) is 1. The molecule has 0 unspecified atom stereocenters. The van der Waals surface area contributed by atoms with E-state index in [1.54, 1.807) is 12.5 Å². The molecule has 0 saturated heterocycles. The Bertz CT molecular complexity index is 583. The van der Waals surface area contributed by atoms with Gasteiger partial charge in [-0.2, -0.15) is 0 Å². The maximum absolute atomic E-state index is 12.0. The van der Waals surface area contributed by atoms with Crippen LogP contribution in [0.3, 0.4) is 0 Å². The largest absolute Gasteiger partial charge is 0.380 e. The summed E-state index contributed by atoms with van der Waals surface area (Å²) in [5, 5.41) is 5.34. The lowest BCUT2D eigenvalue weighted by Gasteiger charge is -2.09. The van der Waals surface area contributed by atoms with Crippen molar-refractivity contribution in [2.45, 2.75) is 19.7 Å². The number of ether oxygens (including phenoxy) is 1. The van der Waals surface area contributed by atoms with E-state index in [0.717, 1.165) is 16.1 Å². The highest BCUT2D eigenvalue weighted by molar-refractivity contribution is 7.09. The van der Waals surface area contributed by atoms with Crippen molar-refractivity contribution in [2.75, 3.05) is 7.11 Å². The number of carbonyl (C=O) groups is 1. The Labute approximate surface area is 121 Å². The number of amides is 1. The second-order valence-electron chi connectivity index (χ2n) is 4.22. The number of rotatable bonds is 6. The normalized spacial score (nSPS) is 10.5. The summed E-state index contributed by atoms with van der Waals surface area (Å²) in [6.07, 6.45) is 0. The molecular weight excluding hydrogens is 274 g/mol. The van der Waals surface area contributed by atoms with Crippen molar-refractivity contribution >= 4 is 17.2 Å². The quantitative estimate of drug-likeness (QED) is 0.849. The molecule has 6 heteroatoms. The molecule has 20 heavy (non-hydrogen) atoms. The molecule has 0 saturated carbocycles. The van der Waals surface area contributed by atoms with Crippen LogP contribution in [0.5, 0.6) is 0 Å². The van der Waals surface area contributed by atoms with Gasteiger partial charge in [0, 0.05) is 25.6 Å². The van der Waals surface area contributed by atoms with Gasteiger partial charge in [-0.05, 0) is 11.1 Å². The van der Waals surface area contributed by atoms with E-state index in [-0.39, 0.29) is 5.91 Å². The first kappa shape index (κ1) is 14.6. The van der Waals surface area contributed by atoms with Crippen LogP contribution in [-0.4, -0.2) is 18.0 Å². The van der Waals surface area contributed by atoms with Crippen molar-refractivity contribution in [3.63, 3.8) is 0 Å². The first-order valence-corrected chi connectivity index (χ1v) is 7.11. The molecule has 1 aromatic carbocycles. The molecule has 106 valence electrons. The summed E-state index contributed by atoms with van der Waals surface area (Å²) in [7, 11) is 1.65. The van der Waals surface area contributed by atoms with Gasteiger partial charge in [0.2, 0.25) is 0 Å². The van der Waals surface area contributed by atoms with Crippen LogP contribution in [0.1, 0.15) is 26.6 Å². The lowest BCUT2D eigenvalue weighted by Crippen LogP contribution is -2.23. The molecule has 5 nitrogen and oxygen atoms in total. The Balaban J connectivity index is 1.99. The Morgan fingerprint density at radius 1 is 1.40 bits per heavy atom. The number of hydrogen-bond acceptors (Lipinski definition) is 5. The number of aromatic nitrogens is 1. The van der Waals surface area contributed by atoms with Gasteiger partial charge in [0.1, 0.15) is 10.7 Å². The van der Waals surface area contributed by atoms with E-state index >= 15 is 0 Å². The van der Waals surface area contributed by atoms with Crippen LogP contribution < -0.4 is 11.1 Å². The Morgan fingerprint density at radius 2 is 2.15 bits per heavy atom. The minimum Gasteiger partial charge on any atom is -0.380 e. The predicted octanol–water partition coefficient (Wildman–Crippen LogP) is 1.68. The molecular formula is C14H17N3O2S. The van der Waals surface area contributed by atoms with E-state index in [0.29, 0.717) is 25.4 Å². The van der Waals surface area contributed by atoms with Crippen molar-refractivity contribution in [3.8, 4) is 0 Å². The Hall–Kier alpha value is -1.76. The van der Waals surface area contributed by atoms with Crippen molar-refractivity contribution in [3.05, 3.63) is 51.5 Å². The van der Waals surface area contributed by atoms with Crippen molar-refractivity contribution in [2.24, 2.45) is 5.73 Å². The summed E-state index contributed by atoms with van der Waals surface area (Å²) in [4.78, 5) is 16.1. The Morgan fingerprint density at radius 3 is 2.80 bits per heavy atom. The van der Waals surface area contributed by atoms with Gasteiger partial charge in [0.05, 0.1) is 6.61 Å². The first-order valence-electron chi connectivity index (χ1n) is 6.23. The van der Waals surface area contributed by atoms with Gasteiger partial charge in [-0.1, -0.05) is 24.3 Å².